The first-order valence-electron chi connectivity index (χ1n) is 8.10. The molecule has 4 heteroatoms. The van der Waals surface area contributed by atoms with Crippen molar-refractivity contribution in [2.24, 2.45) is 11.7 Å². The van der Waals surface area contributed by atoms with Crippen LogP contribution in [0.1, 0.15) is 37.8 Å². The smallest absolute Gasteiger partial charge is 0.244 e. The molecule has 0 aromatic heterocycles. The highest BCUT2D eigenvalue weighted by Gasteiger charge is 2.30. The van der Waals surface area contributed by atoms with E-state index in [2.05, 4.69) is 31.3 Å². The molecule has 2 unspecified atom stereocenters. The number of nitrogens with one attached hydrogen (secondary N) is 1. The van der Waals surface area contributed by atoms with Gasteiger partial charge in [-0.1, -0.05) is 74.5 Å². The number of hydrogen-bond donors (Lipinski definition) is 2. The molecule has 0 radical (unpaired) electrons. The SMILES string of the molecule is CC(C)C(CNC(=O)C(C)(N)c1ccccc1)c1ccccc1.Cl. The lowest BCUT2D eigenvalue weighted by Gasteiger charge is -2.27. The minimum atomic E-state index is -1.03. The summed E-state index contributed by atoms with van der Waals surface area (Å²) in [5, 5.41) is 3.04. The fourth-order valence-corrected chi connectivity index (χ4v) is 2.74. The maximum absolute atomic E-state index is 12.6. The van der Waals surface area contributed by atoms with E-state index in [0.29, 0.717) is 12.5 Å². The van der Waals surface area contributed by atoms with Gasteiger partial charge in [-0.3, -0.25) is 4.79 Å². The monoisotopic (exact) mass is 346 g/mol. The summed E-state index contributed by atoms with van der Waals surface area (Å²) in [6.45, 7) is 6.68. The number of halogens is 1. The van der Waals surface area contributed by atoms with Crippen molar-refractivity contribution >= 4 is 18.3 Å². The van der Waals surface area contributed by atoms with Gasteiger partial charge in [0.05, 0.1) is 0 Å². The van der Waals surface area contributed by atoms with Crippen LogP contribution in [-0.4, -0.2) is 12.5 Å². The Morgan fingerprint density at radius 2 is 1.54 bits per heavy atom. The third-order valence-corrected chi connectivity index (χ3v) is 4.36. The van der Waals surface area contributed by atoms with Crippen molar-refractivity contribution in [3.63, 3.8) is 0 Å². The largest absolute Gasteiger partial charge is 0.354 e. The van der Waals surface area contributed by atoms with Crippen molar-refractivity contribution in [2.75, 3.05) is 6.54 Å². The van der Waals surface area contributed by atoms with Crippen molar-refractivity contribution < 1.29 is 4.79 Å². The Bertz CT molecular complexity index is 627. The van der Waals surface area contributed by atoms with E-state index in [1.54, 1.807) is 6.92 Å². The van der Waals surface area contributed by atoms with Crippen molar-refractivity contribution in [3.8, 4) is 0 Å². The lowest BCUT2D eigenvalue weighted by Crippen LogP contribution is -2.50. The second kappa shape index (κ2) is 8.86. The molecule has 2 atom stereocenters. The number of amides is 1. The molecule has 0 aliphatic heterocycles. The van der Waals surface area contributed by atoms with Gasteiger partial charge in [-0.05, 0) is 24.0 Å². The fraction of sp³-hybridized carbons (Fsp3) is 0.350. The van der Waals surface area contributed by atoms with Gasteiger partial charge < -0.3 is 11.1 Å². The molecule has 0 heterocycles. The number of benzene rings is 2. The summed E-state index contributed by atoms with van der Waals surface area (Å²) in [5.41, 5.74) is 7.30. The summed E-state index contributed by atoms with van der Waals surface area (Å²) < 4.78 is 0. The second-order valence-corrected chi connectivity index (χ2v) is 6.54. The van der Waals surface area contributed by atoms with Gasteiger partial charge in [0.25, 0.3) is 0 Å². The first kappa shape index (κ1) is 20.2. The molecule has 3 nitrogen and oxygen atoms in total. The maximum Gasteiger partial charge on any atom is 0.244 e. The Morgan fingerprint density at radius 3 is 2.04 bits per heavy atom. The van der Waals surface area contributed by atoms with Crippen LogP contribution in [0.2, 0.25) is 0 Å². The van der Waals surface area contributed by atoms with Crippen LogP contribution >= 0.6 is 12.4 Å². The molecule has 3 N–H and O–H groups in total. The van der Waals surface area contributed by atoms with E-state index in [1.807, 2.05) is 48.5 Å². The second-order valence-electron chi connectivity index (χ2n) is 6.54. The first-order chi connectivity index (χ1) is 10.9. The van der Waals surface area contributed by atoms with Gasteiger partial charge >= 0.3 is 0 Å². The van der Waals surface area contributed by atoms with Crippen LogP contribution in [0.4, 0.5) is 0 Å². The van der Waals surface area contributed by atoms with E-state index < -0.39 is 5.54 Å². The van der Waals surface area contributed by atoms with Crippen LogP contribution in [0.15, 0.2) is 60.7 Å². The molecular weight excluding hydrogens is 320 g/mol. The van der Waals surface area contributed by atoms with Crippen LogP contribution < -0.4 is 11.1 Å². The molecular formula is C20H27ClN2O. The van der Waals surface area contributed by atoms with Gasteiger partial charge in [-0.2, -0.15) is 0 Å². The number of rotatable bonds is 6. The molecule has 0 fully saturated rings. The molecule has 130 valence electrons. The predicted octanol–water partition coefficient (Wildman–Crippen LogP) is 3.84. The van der Waals surface area contributed by atoms with Gasteiger partial charge in [0.2, 0.25) is 5.91 Å². The molecule has 2 rings (SSSR count). The van der Waals surface area contributed by atoms with Gasteiger partial charge in [0.1, 0.15) is 5.54 Å². The number of nitrogens with two attached hydrogens (primary N) is 1. The van der Waals surface area contributed by atoms with Gasteiger partial charge in [-0.15, -0.1) is 12.4 Å². The van der Waals surface area contributed by atoms with Crippen molar-refractivity contribution in [1.82, 2.24) is 5.32 Å². The van der Waals surface area contributed by atoms with E-state index in [0.717, 1.165) is 5.56 Å². The summed E-state index contributed by atoms with van der Waals surface area (Å²) in [7, 11) is 0. The van der Waals surface area contributed by atoms with Crippen molar-refractivity contribution in [1.29, 1.82) is 0 Å². The number of carbonyl (C=O) groups excluding carboxylic acids is 1. The molecule has 0 bridgehead atoms. The first-order valence-corrected chi connectivity index (χ1v) is 8.10. The van der Waals surface area contributed by atoms with E-state index >= 15 is 0 Å². The minimum Gasteiger partial charge on any atom is -0.354 e. The lowest BCUT2D eigenvalue weighted by molar-refractivity contribution is -0.126. The molecule has 0 aliphatic rings. The standard InChI is InChI=1S/C20H26N2O.ClH/c1-15(2)18(16-10-6-4-7-11-16)14-22-19(23)20(3,21)17-12-8-5-9-13-17;/h4-13,15,18H,14,21H2,1-3H3,(H,22,23);1H. The Balaban J connectivity index is 0.00000288. The highest BCUT2D eigenvalue weighted by Crippen LogP contribution is 2.24. The van der Waals surface area contributed by atoms with Gasteiger partial charge in [0.15, 0.2) is 0 Å². The molecule has 2 aromatic carbocycles. The molecule has 1 amide bonds. The number of hydrogen-bond acceptors (Lipinski definition) is 2. The Labute approximate surface area is 151 Å². The van der Waals surface area contributed by atoms with E-state index in [-0.39, 0.29) is 24.2 Å². The Morgan fingerprint density at radius 1 is 1.04 bits per heavy atom. The lowest BCUT2D eigenvalue weighted by atomic mass is 9.87. The average molecular weight is 347 g/mol. The highest BCUT2D eigenvalue weighted by atomic mass is 35.5. The van der Waals surface area contributed by atoms with Gasteiger partial charge in [-0.25, -0.2) is 0 Å². The molecule has 0 spiro atoms. The van der Waals surface area contributed by atoms with E-state index in [4.69, 9.17) is 5.73 Å². The van der Waals surface area contributed by atoms with Gasteiger partial charge in [0, 0.05) is 12.5 Å². The zero-order valence-electron chi connectivity index (χ0n) is 14.5. The summed E-state index contributed by atoms with van der Waals surface area (Å²) >= 11 is 0. The van der Waals surface area contributed by atoms with E-state index in [9.17, 15) is 4.79 Å². The van der Waals surface area contributed by atoms with Crippen LogP contribution in [0.25, 0.3) is 0 Å². The van der Waals surface area contributed by atoms with Crippen LogP contribution in [0, 0.1) is 5.92 Å². The fourth-order valence-electron chi connectivity index (χ4n) is 2.74. The molecule has 0 saturated carbocycles. The zero-order chi connectivity index (χ0) is 16.9. The van der Waals surface area contributed by atoms with E-state index in [1.165, 1.54) is 5.56 Å². The normalized spacial score (nSPS) is 14.4. The predicted molar refractivity (Wildman–Crippen MR) is 102 cm³/mol. The van der Waals surface area contributed by atoms with Crippen molar-refractivity contribution in [2.45, 2.75) is 32.2 Å². The third kappa shape index (κ3) is 4.83. The maximum atomic E-state index is 12.6. The third-order valence-electron chi connectivity index (χ3n) is 4.36. The summed E-state index contributed by atoms with van der Waals surface area (Å²) in [6, 6.07) is 19.8. The molecule has 0 aliphatic carbocycles. The van der Waals surface area contributed by atoms with Crippen LogP contribution in [0.5, 0.6) is 0 Å². The molecule has 2 aromatic rings. The summed E-state index contributed by atoms with van der Waals surface area (Å²) in [5.74, 6) is 0.551. The number of carbonyl (C=O) groups is 1. The van der Waals surface area contributed by atoms with Crippen molar-refractivity contribution in [3.05, 3.63) is 71.8 Å². The van der Waals surface area contributed by atoms with Crippen LogP contribution in [-0.2, 0) is 10.3 Å². The average Bonchev–Trinajstić information content (AvgIpc) is 2.56. The quantitative estimate of drug-likeness (QED) is 0.835. The molecule has 24 heavy (non-hydrogen) atoms. The Kier molecular flexibility index (Phi) is 7.46. The minimum absolute atomic E-state index is 0. The zero-order valence-corrected chi connectivity index (χ0v) is 15.3. The summed E-state index contributed by atoms with van der Waals surface area (Å²) in [6.07, 6.45) is 0. The topological polar surface area (TPSA) is 55.1 Å². The Hall–Kier alpha value is -1.84. The van der Waals surface area contributed by atoms with Crippen LogP contribution in [0.3, 0.4) is 0 Å². The molecule has 0 saturated heterocycles. The highest BCUT2D eigenvalue weighted by molar-refractivity contribution is 5.87. The summed E-state index contributed by atoms with van der Waals surface area (Å²) in [4.78, 5) is 12.6.